The summed E-state index contributed by atoms with van der Waals surface area (Å²) in [6, 6.07) is 0. The van der Waals surface area contributed by atoms with Gasteiger partial charge in [-0.2, -0.15) is 0 Å². The second kappa shape index (κ2) is 9.50. The maximum absolute atomic E-state index is 4.82. The molecule has 0 aromatic heterocycles. The predicted molar refractivity (Wildman–Crippen MR) is 100 cm³/mol. The van der Waals surface area contributed by atoms with Crippen LogP contribution in [0.1, 0.15) is 0 Å². The SMILES string of the molecule is C[Si](C)(C)[N-][Si](C)(C)C.C[Si](C)(C)[N-][Si](C)(C)C.[Eu+2]. The summed E-state index contributed by atoms with van der Waals surface area (Å²) < 4.78 is 9.64. The van der Waals surface area contributed by atoms with Gasteiger partial charge in [0.15, 0.2) is 0 Å². The Bertz CT molecular complexity index is 184. The molecule has 0 aliphatic carbocycles. The molecule has 117 valence electrons. The molecule has 19 heavy (non-hydrogen) atoms. The Hall–Kier alpha value is 2.37. The van der Waals surface area contributed by atoms with E-state index in [2.05, 4.69) is 78.6 Å². The van der Waals surface area contributed by atoms with Crippen molar-refractivity contribution in [2.45, 2.75) is 78.6 Å². The molecule has 0 heterocycles. The fourth-order valence-electron chi connectivity index (χ4n) is 2.01. The first kappa shape index (κ1) is 26.3. The second-order valence-electron chi connectivity index (χ2n) is 8.91. The first-order chi connectivity index (χ1) is 7.41. The fourth-order valence-corrected chi connectivity index (χ4v) is 18.1. The summed E-state index contributed by atoms with van der Waals surface area (Å²) in [7, 11) is -4.42. The molecule has 0 bridgehead atoms. The van der Waals surface area contributed by atoms with Crippen LogP contribution < -0.4 is 0 Å². The Balaban J connectivity index is -0.000000256. The van der Waals surface area contributed by atoms with Gasteiger partial charge in [-0.1, -0.05) is 112 Å². The zero-order valence-electron chi connectivity index (χ0n) is 15.3. The average molecular weight is 473 g/mol. The summed E-state index contributed by atoms with van der Waals surface area (Å²) in [6.45, 7) is 27.6. The van der Waals surface area contributed by atoms with Gasteiger partial charge >= 0.3 is 49.4 Å². The first-order valence-corrected chi connectivity index (χ1v) is 20.7. The predicted octanol–water partition coefficient (Wildman–Crippen LogP) is 6.06. The van der Waals surface area contributed by atoms with Crippen molar-refractivity contribution in [3.05, 3.63) is 9.30 Å². The number of rotatable bonds is 4. The zero-order valence-corrected chi connectivity index (χ0v) is 21.7. The molecule has 0 saturated carbocycles. The van der Waals surface area contributed by atoms with E-state index in [0.717, 1.165) is 0 Å². The molecule has 0 aromatic rings. The van der Waals surface area contributed by atoms with Crippen LogP contribution in [-0.2, 0) is 0 Å². The van der Waals surface area contributed by atoms with Crippen LogP contribution in [0.4, 0.5) is 0 Å². The van der Waals surface area contributed by atoms with Gasteiger partial charge in [0.05, 0.1) is 0 Å². The summed E-state index contributed by atoms with van der Waals surface area (Å²) in [5.41, 5.74) is 0. The van der Waals surface area contributed by atoms with Gasteiger partial charge < -0.3 is 9.30 Å². The topological polar surface area (TPSA) is 28.2 Å². The summed E-state index contributed by atoms with van der Waals surface area (Å²) in [4.78, 5) is 0. The molecule has 1 radical (unpaired) electrons. The number of hydrogen-bond donors (Lipinski definition) is 0. The summed E-state index contributed by atoms with van der Waals surface area (Å²) in [5.74, 6) is 0. The van der Waals surface area contributed by atoms with E-state index >= 15 is 0 Å². The van der Waals surface area contributed by atoms with Gasteiger partial charge in [0, 0.05) is 0 Å². The average Bonchev–Trinajstić information content (AvgIpc) is 1.64. The second-order valence-corrected chi connectivity index (χ2v) is 28.1. The van der Waals surface area contributed by atoms with Gasteiger partial charge in [0.1, 0.15) is 0 Å². The van der Waals surface area contributed by atoms with Crippen LogP contribution in [0.2, 0.25) is 78.6 Å². The van der Waals surface area contributed by atoms with Crippen LogP contribution >= 0.6 is 0 Å². The van der Waals surface area contributed by atoms with Crippen molar-refractivity contribution in [2.24, 2.45) is 0 Å². The van der Waals surface area contributed by atoms with Crippen molar-refractivity contribution >= 4 is 32.9 Å². The Kier molecular flexibility index (Phi) is 13.1. The smallest absolute Gasteiger partial charge is 0.668 e. The van der Waals surface area contributed by atoms with E-state index in [-0.39, 0.29) is 49.4 Å². The largest absolute Gasteiger partial charge is 2.00 e. The normalized spacial score (nSPS) is 13.3. The molecule has 7 heteroatoms. The zero-order chi connectivity index (χ0) is 15.4. The molecule has 2 nitrogen and oxygen atoms in total. The Morgan fingerprint density at radius 1 is 0.368 bits per heavy atom. The molecule has 0 aliphatic rings. The molecule has 0 spiro atoms. The molecule has 0 rings (SSSR count). The maximum atomic E-state index is 4.82. The third kappa shape index (κ3) is 33.3. The van der Waals surface area contributed by atoms with Crippen molar-refractivity contribution in [1.29, 1.82) is 0 Å². The molecule has 0 aromatic carbocycles. The van der Waals surface area contributed by atoms with Crippen molar-refractivity contribution < 1.29 is 49.4 Å². The van der Waals surface area contributed by atoms with E-state index < -0.39 is 32.9 Å². The van der Waals surface area contributed by atoms with Crippen LogP contribution in [0.3, 0.4) is 0 Å². The van der Waals surface area contributed by atoms with Crippen molar-refractivity contribution in [3.63, 3.8) is 0 Å². The van der Waals surface area contributed by atoms with Crippen LogP contribution in [0.25, 0.3) is 9.30 Å². The third-order valence-electron chi connectivity index (χ3n) is 1.34. The van der Waals surface area contributed by atoms with Gasteiger partial charge in [0.25, 0.3) is 0 Å². The fraction of sp³-hybridized carbons (Fsp3) is 1.00. The van der Waals surface area contributed by atoms with Crippen molar-refractivity contribution in [3.8, 4) is 0 Å². The monoisotopic (exact) mass is 473 g/mol. The third-order valence-corrected chi connectivity index (χ3v) is 12.1. The standard InChI is InChI=1S/2C6H18NSi2.Eu/c2*1-8(2,3)7-9(4,5)6;/h2*1-6H3;/q2*-1;+2. The summed E-state index contributed by atoms with van der Waals surface area (Å²) in [5, 5.41) is 0. The molecule has 0 amide bonds. The van der Waals surface area contributed by atoms with Gasteiger partial charge in [-0.05, 0) is 0 Å². The van der Waals surface area contributed by atoms with E-state index in [0.29, 0.717) is 0 Å². The van der Waals surface area contributed by atoms with Crippen LogP contribution in [0, 0.1) is 49.4 Å². The van der Waals surface area contributed by atoms with E-state index in [1.54, 1.807) is 0 Å². The van der Waals surface area contributed by atoms with E-state index in [1.807, 2.05) is 0 Å². The molecular formula is C12H36EuN2Si4. The van der Waals surface area contributed by atoms with E-state index in [4.69, 9.17) is 9.30 Å². The molecule has 0 N–H and O–H groups in total. The quantitative estimate of drug-likeness (QED) is 0.445. The molecule has 0 saturated heterocycles. The van der Waals surface area contributed by atoms with Gasteiger partial charge in [-0.3, -0.25) is 0 Å². The first-order valence-electron chi connectivity index (χ1n) is 6.89. The van der Waals surface area contributed by atoms with Crippen LogP contribution in [0.15, 0.2) is 0 Å². The summed E-state index contributed by atoms with van der Waals surface area (Å²) in [6.07, 6.45) is 0. The molecule has 0 fully saturated rings. The molecule has 0 atom stereocenters. The van der Waals surface area contributed by atoms with Crippen LogP contribution in [-0.4, -0.2) is 32.9 Å². The molecular weight excluding hydrogens is 436 g/mol. The van der Waals surface area contributed by atoms with E-state index in [1.165, 1.54) is 0 Å². The number of nitrogens with zero attached hydrogens (tertiary/aromatic N) is 2. The van der Waals surface area contributed by atoms with Crippen molar-refractivity contribution in [1.82, 2.24) is 0 Å². The molecule has 0 unspecified atom stereocenters. The van der Waals surface area contributed by atoms with Gasteiger partial charge in [-0.15, -0.1) is 0 Å². The minimum Gasteiger partial charge on any atom is -0.668 e. The van der Waals surface area contributed by atoms with Crippen molar-refractivity contribution in [2.75, 3.05) is 0 Å². The minimum absolute atomic E-state index is 0. The minimum atomic E-state index is -1.11. The van der Waals surface area contributed by atoms with Gasteiger partial charge in [-0.25, -0.2) is 0 Å². The Labute approximate surface area is 168 Å². The maximum Gasteiger partial charge on any atom is 2.00 e. The Morgan fingerprint density at radius 3 is 0.474 bits per heavy atom. The van der Waals surface area contributed by atoms with Gasteiger partial charge in [0.2, 0.25) is 0 Å². The molecule has 0 aliphatic heterocycles. The number of hydrogen-bond acceptors (Lipinski definition) is 0. The Morgan fingerprint density at radius 2 is 0.474 bits per heavy atom. The van der Waals surface area contributed by atoms with E-state index in [9.17, 15) is 0 Å². The summed E-state index contributed by atoms with van der Waals surface area (Å²) >= 11 is 0. The van der Waals surface area contributed by atoms with Crippen LogP contribution in [0.5, 0.6) is 0 Å².